The molecule has 0 aliphatic heterocycles. The van der Waals surface area contributed by atoms with Gasteiger partial charge in [-0.25, -0.2) is 5.43 Å². The lowest BCUT2D eigenvalue weighted by atomic mass is 9.89. The van der Waals surface area contributed by atoms with Crippen LogP contribution in [-0.4, -0.2) is 28.6 Å². The van der Waals surface area contributed by atoms with Crippen LogP contribution in [0.15, 0.2) is 114 Å². The first-order valence-electron chi connectivity index (χ1n) is 14.1. The van der Waals surface area contributed by atoms with Gasteiger partial charge < -0.3 is 9.88 Å². The smallest absolute Gasteiger partial charge is 0.262 e. The highest BCUT2D eigenvalue weighted by Gasteiger charge is 2.29. The Balaban J connectivity index is 1.33. The number of fused-ring (bicyclic) bond motifs is 1. The molecule has 0 aliphatic rings. The molecule has 0 aliphatic carbocycles. The van der Waals surface area contributed by atoms with E-state index in [2.05, 4.69) is 20.4 Å². The van der Waals surface area contributed by atoms with Gasteiger partial charge in [0.2, 0.25) is 5.91 Å². The first-order chi connectivity index (χ1) is 20.8. The number of rotatable bonds is 10. The second-order valence-corrected chi connectivity index (χ2v) is 11.5. The lowest BCUT2D eigenvalue weighted by Crippen LogP contribution is -2.50. The maximum absolute atomic E-state index is 13.7. The van der Waals surface area contributed by atoms with E-state index in [-0.39, 0.29) is 11.8 Å². The van der Waals surface area contributed by atoms with Gasteiger partial charge in [-0.3, -0.25) is 9.59 Å². The van der Waals surface area contributed by atoms with Crippen molar-refractivity contribution in [3.8, 4) is 0 Å². The number of carbonyl (C=O) groups is 2. The third kappa shape index (κ3) is 7.16. The van der Waals surface area contributed by atoms with Gasteiger partial charge in [0.25, 0.3) is 5.91 Å². The number of halogens is 2. The Labute approximate surface area is 261 Å². The van der Waals surface area contributed by atoms with Crippen molar-refractivity contribution >= 4 is 52.1 Å². The van der Waals surface area contributed by atoms with Crippen molar-refractivity contribution in [2.24, 2.45) is 11.0 Å². The van der Waals surface area contributed by atoms with Crippen molar-refractivity contribution in [1.29, 1.82) is 0 Å². The molecule has 8 heteroatoms. The van der Waals surface area contributed by atoms with Gasteiger partial charge in [0.1, 0.15) is 6.04 Å². The molecule has 1 heterocycles. The van der Waals surface area contributed by atoms with Crippen LogP contribution in [0.3, 0.4) is 0 Å². The molecule has 2 N–H and O–H groups in total. The fourth-order valence-corrected chi connectivity index (χ4v) is 5.60. The van der Waals surface area contributed by atoms with Crippen molar-refractivity contribution in [2.75, 3.05) is 0 Å². The maximum Gasteiger partial charge on any atom is 0.262 e. The van der Waals surface area contributed by atoms with Gasteiger partial charge >= 0.3 is 0 Å². The van der Waals surface area contributed by atoms with Crippen LogP contribution in [0.5, 0.6) is 0 Å². The molecule has 5 rings (SSSR count). The standard InChI is InChI=1S/C35H32Cl2N4O2/c1-23(2)33(39-34(42)32(24-11-5-3-6-12-24)25-13-7-4-8-14-25)35(43)40-38-20-27-22-41(31-16-10-9-15-29(27)31)21-26-17-18-28(36)19-30(26)37/h3-20,22-23,32-33H,21H2,1-2H3,(H,39,42)(H,40,43)/b38-20-/t33-/m1/s1. The Morgan fingerprint density at radius 3 is 2.09 bits per heavy atom. The van der Waals surface area contributed by atoms with E-state index in [1.807, 2.05) is 117 Å². The van der Waals surface area contributed by atoms with Gasteiger partial charge in [0.05, 0.1) is 12.1 Å². The predicted molar refractivity (Wildman–Crippen MR) is 175 cm³/mol. The molecule has 0 radical (unpaired) electrons. The number of para-hydroxylation sites is 1. The van der Waals surface area contributed by atoms with Crippen molar-refractivity contribution in [3.63, 3.8) is 0 Å². The fourth-order valence-electron chi connectivity index (χ4n) is 5.14. The Morgan fingerprint density at radius 2 is 1.47 bits per heavy atom. The summed E-state index contributed by atoms with van der Waals surface area (Å²) >= 11 is 12.5. The lowest BCUT2D eigenvalue weighted by molar-refractivity contribution is -0.130. The van der Waals surface area contributed by atoms with Crippen LogP contribution in [0, 0.1) is 5.92 Å². The van der Waals surface area contributed by atoms with Crippen molar-refractivity contribution in [3.05, 3.63) is 142 Å². The van der Waals surface area contributed by atoms with E-state index in [1.165, 1.54) is 0 Å². The van der Waals surface area contributed by atoms with Crippen molar-refractivity contribution < 1.29 is 9.59 Å². The first kappa shape index (κ1) is 30.1. The minimum absolute atomic E-state index is 0.169. The zero-order valence-corrected chi connectivity index (χ0v) is 25.4. The highest BCUT2D eigenvalue weighted by Crippen LogP contribution is 2.27. The van der Waals surface area contributed by atoms with Crippen LogP contribution in [0.4, 0.5) is 0 Å². The molecule has 6 nitrogen and oxygen atoms in total. The molecule has 1 atom stereocenters. The number of benzene rings is 4. The molecule has 5 aromatic rings. The van der Waals surface area contributed by atoms with E-state index in [0.29, 0.717) is 16.6 Å². The second-order valence-electron chi connectivity index (χ2n) is 10.7. The highest BCUT2D eigenvalue weighted by atomic mass is 35.5. The van der Waals surface area contributed by atoms with Gasteiger partial charge in [0.15, 0.2) is 0 Å². The molecule has 0 bridgehead atoms. The van der Waals surface area contributed by atoms with E-state index >= 15 is 0 Å². The Hall–Kier alpha value is -4.39. The van der Waals surface area contributed by atoms with Crippen LogP contribution >= 0.6 is 23.2 Å². The summed E-state index contributed by atoms with van der Waals surface area (Å²) in [6.07, 6.45) is 3.59. The third-order valence-electron chi connectivity index (χ3n) is 7.33. The summed E-state index contributed by atoms with van der Waals surface area (Å²) < 4.78 is 2.08. The van der Waals surface area contributed by atoms with Gasteiger partial charge in [-0.15, -0.1) is 0 Å². The number of hydrogen-bond acceptors (Lipinski definition) is 3. The van der Waals surface area contributed by atoms with E-state index in [4.69, 9.17) is 23.2 Å². The number of hydrazone groups is 1. The fraction of sp³-hybridized carbons (Fsp3) is 0.171. The number of nitrogens with zero attached hydrogens (tertiary/aromatic N) is 2. The van der Waals surface area contributed by atoms with Crippen LogP contribution in [0.2, 0.25) is 10.0 Å². The molecule has 218 valence electrons. The molecule has 0 saturated carbocycles. The summed E-state index contributed by atoms with van der Waals surface area (Å²) in [6.45, 7) is 4.33. The molecule has 4 aromatic carbocycles. The number of aromatic nitrogens is 1. The SMILES string of the molecule is CC(C)[C@@H](NC(=O)C(c1ccccc1)c1ccccc1)C(=O)N/N=C\c1cn(Cc2ccc(Cl)cc2Cl)c2ccccc12. The summed E-state index contributed by atoms with van der Waals surface area (Å²) in [5.41, 5.74) is 7.11. The minimum Gasteiger partial charge on any atom is -0.343 e. The Kier molecular flexibility index (Phi) is 9.60. The average molecular weight is 612 g/mol. The summed E-state index contributed by atoms with van der Waals surface area (Å²) in [4.78, 5) is 27.0. The summed E-state index contributed by atoms with van der Waals surface area (Å²) in [5.74, 6) is -1.37. The number of hydrogen-bond donors (Lipinski definition) is 2. The Morgan fingerprint density at radius 1 is 0.837 bits per heavy atom. The predicted octanol–water partition coefficient (Wildman–Crippen LogP) is 7.42. The topological polar surface area (TPSA) is 75.5 Å². The largest absolute Gasteiger partial charge is 0.343 e. The van der Waals surface area contributed by atoms with Crippen molar-refractivity contribution in [1.82, 2.24) is 15.3 Å². The molecule has 0 unspecified atom stereocenters. The van der Waals surface area contributed by atoms with E-state index in [0.717, 1.165) is 33.2 Å². The minimum atomic E-state index is -0.784. The summed E-state index contributed by atoms with van der Waals surface area (Å²) in [5, 5.41) is 9.42. The van der Waals surface area contributed by atoms with Crippen LogP contribution in [0.25, 0.3) is 10.9 Å². The molecule has 0 spiro atoms. The molecular weight excluding hydrogens is 579 g/mol. The summed E-state index contributed by atoms with van der Waals surface area (Å²) in [6, 6.07) is 31.7. The molecule has 1 aromatic heterocycles. The Bertz CT molecular complexity index is 1710. The molecule has 0 fully saturated rings. The van der Waals surface area contributed by atoms with Crippen molar-refractivity contribution in [2.45, 2.75) is 32.4 Å². The molecule has 43 heavy (non-hydrogen) atoms. The monoisotopic (exact) mass is 610 g/mol. The number of carbonyl (C=O) groups excluding carboxylic acids is 2. The van der Waals surface area contributed by atoms with Crippen LogP contribution < -0.4 is 10.7 Å². The first-order valence-corrected chi connectivity index (χ1v) is 14.8. The summed E-state index contributed by atoms with van der Waals surface area (Å²) in [7, 11) is 0. The third-order valence-corrected chi connectivity index (χ3v) is 7.92. The quantitative estimate of drug-likeness (QED) is 0.127. The van der Waals surface area contributed by atoms with Crippen LogP contribution in [-0.2, 0) is 16.1 Å². The van der Waals surface area contributed by atoms with Crippen LogP contribution in [0.1, 0.15) is 42.0 Å². The van der Waals surface area contributed by atoms with Gasteiger partial charge in [-0.1, -0.05) is 122 Å². The van der Waals surface area contributed by atoms with E-state index in [9.17, 15) is 9.59 Å². The number of nitrogens with one attached hydrogen (secondary N) is 2. The van der Waals surface area contributed by atoms with Gasteiger partial charge in [0, 0.05) is 39.3 Å². The van der Waals surface area contributed by atoms with E-state index in [1.54, 1.807) is 12.3 Å². The molecular formula is C35H32Cl2N4O2. The van der Waals surface area contributed by atoms with Gasteiger partial charge in [-0.05, 0) is 40.8 Å². The zero-order valence-electron chi connectivity index (χ0n) is 23.9. The lowest BCUT2D eigenvalue weighted by Gasteiger charge is -2.24. The number of amides is 2. The van der Waals surface area contributed by atoms with Gasteiger partial charge in [-0.2, -0.15) is 5.10 Å². The normalized spacial score (nSPS) is 12.2. The second kappa shape index (κ2) is 13.7. The average Bonchev–Trinajstić information content (AvgIpc) is 3.35. The maximum atomic E-state index is 13.7. The van der Waals surface area contributed by atoms with E-state index < -0.39 is 17.9 Å². The highest BCUT2D eigenvalue weighted by molar-refractivity contribution is 6.35. The zero-order chi connectivity index (χ0) is 30.3. The molecule has 0 saturated heterocycles. The molecule has 2 amide bonds.